The van der Waals surface area contributed by atoms with Crippen LogP contribution in [-0.4, -0.2) is 70.1 Å². The number of aliphatic imine (C=N–C) groups is 1. The van der Waals surface area contributed by atoms with Crippen LogP contribution in [0.2, 0.25) is 0 Å². The first-order chi connectivity index (χ1) is 21.9. The van der Waals surface area contributed by atoms with E-state index in [4.69, 9.17) is 9.47 Å². The topological polar surface area (TPSA) is 104 Å². The molecule has 0 aliphatic heterocycles. The molecule has 0 radical (unpaired) electrons. The molecule has 1 fully saturated rings. The van der Waals surface area contributed by atoms with E-state index in [2.05, 4.69) is 36.9 Å². The molecule has 45 heavy (non-hydrogen) atoms. The van der Waals surface area contributed by atoms with E-state index in [-0.39, 0.29) is 11.9 Å². The molecule has 0 atom stereocenters. The normalized spacial score (nSPS) is 14.3. The molecule has 4 heterocycles. The fourth-order valence-corrected chi connectivity index (χ4v) is 5.81. The number of rotatable bonds is 11. The largest absolute Gasteiger partial charge is 0.492 e. The molecule has 1 aliphatic carbocycles. The molecule has 0 spiro atoms. The SMILES string of the molecule is C=Nc1[nH]c(-c2[nH]nc3ncc(-c4cncc(OC5CCCCC5)c4)cc23)cc1/C(=C\C)c1cc(F)cc(OCCN(C)C)c1. The number of ether oxygens (including phenoxy) is 2. The van der Waals surface area contributed by atoms with Gasteiger partial charge in [-0.05, 0) is 94.9 Å². The monoisotopic (exact) mass is 607 g/mol. The van der Waals surface area contributed by atoms with Crippen LogP contribution < -0.4 is 9.47 Å². The average Bonchev–Trinajstić information content (AvgIpc) is 3.65. The highest BCUT2D eigenvalue weighted by molar-refractivity contribution is 5.95. The quantitative estimate of drug-likeness (QED) is 0.150. The minimum absolute atomic E-state index is 0.239. The smallest absolute Gasteiger partial charge is 0.181 e. The van der Waals surface area contributed by atoms with E-state index in [1.807, 2.05) is 62.5 Å². The van der Waals surface area contributed by atoms with E-state index in [0.717, 1.165) is 64.2 Å². The predicted octanol–water partition coefficient (Wildman–Crippen LogP) is 7.59. The van der Waals surface area contributed by atoms with Gasteiger partial charge in [-0.2, -0.15) is 5.10 Å². The van der Waals surface area contributed by atoms with Gasteiger partial charge in [0, 0.05) is 47.1 Å². The van der Waals surface area contributed by atoms with E-state index in [1.165, 1.54) is 31.4 Å². The summed E-state index contributed by atoms with van der Waals surface area (Å²) in [5.41, 5.74) is 6.13. The second-order valence-electron chi connectivity index (χ2n) is 11.6. The van der Waals surface area contributed by atoms with Crippen molar-refractivity contribution in [3.63, 3.8) is 0 Å². The van der Waals surface area contributed by atoms with Crippen LogP contribution in [0.3, 0.4) is 0 Å². The van der Waals surface area contributed by atoms with Crippen LogP contribution in [0.15, 0.2) is 66.1 Å². The summed E-state index contributed by atoms with van der Waals surface area (Å²) in [6, 6.07) is 10.8. The lowest BCUT2D eigenvalue weighted by Gasteiger charge is -2.23. The summed E-state index contributed by atoms with van der Waals surface area (Å²) in [4.78, 5) is 18.7. The zero-order valence-electron chi connectivity index (χ0n) is 25.9. The molecule has 5 aromatic rings. The van der Waals surface area contributed by atoms with Crippen LogP contribution in [0, 0.1) is 5.82 Å². The first-order valence-electron chi connectivity index (χ1n) is 15.3. The van der Waals surface area contributed by atoms with E-state index in [1.54, 1.807) is 12.4 Å². The first kappa shape index (κ1) is 30.2. The maximum atomic E-state index is 14.7. The summed E-state index contributed by atoms with van der Waals surface area (Å²) in [5.74, 6) is 1.42. The molecule has 0 bridgehead atoms. The molecule has 9 nitrogen and oxygen atoms in total. The number of likely N-dealkylation sites (N-methyl/N-ethyl adjacent to an activating group) is 1. The molecule has 0 amide bonds. The molecule has 0 unspecified atom stereocenters. The van der Waals surface area contributed by atoms with Crippen molar-refractivity contribution < 1.29 is 13.9 Å². The molecule has 1 aromatic carbocycles. The number of nitrogens with one attached hydrogen (secondary N) is 2. The fourth-order valence-electron chi connectivity index (χ4n) is 5.81. The van der Waals surface area contributed by atoms with Crippen LogP contribution in [0.25, 0.3) is 39.1 Å². The lowest BCUT2D eigenvalue weighted by atomic mass is 9.98. The number of aromatic nitrogens is 5. The lowest BCUT2D eigenvalue weighted by Crippen LogP contribution is -2.19. The van der Waals surface area contributed by atoms with E-state index < -0.39 is 0 Å². The van der Waals surface area contributed by atoms with Gasteiger partial charge in [-0.1, -0.05) is 12.5 Å². The molecule has 10 heteroatoms. The molecule has 1 saturated carbocycles. The molecule has 6 rings (SSSR count). The van der Waals surface area contributed by atoms with Gasteiger partial charge in [-0.3, -0.25) is 10.1 Å². The number of hydrogen-bond acceptors (Lipinski definition) is 7. The number of aromatic amines is 2. The summed E-state index contributed by atoms with van der Waals surface area (Å²) in [6.07, 6.45) is 13.4. The van der Waals surface area contributed by atoms with Gasteiger partial charge < -0.3 is 19.4 Å². The minimum Gasteiger partial charge on any atom is -0.492 e. The number of nitrogens with zero attached hydrogens (tertiary/aromatic N) is 5. The summed E-state index contributed by atoms with van der Waals surface area (Å²) >= 11 is 0. The van der Waals surface area contributed by atoms with Gasteiger partial charge in [0.05, 0.1) is 23.7 Å². The zero-order valence-corrected chi connectivity index (χ0v) is 25.9. The van der Waals surface area contributed by atoms with Crippen molar-refractivity contribution in [2.75, 3.05) is 27.2 Å². The van der Waals surface area contributed by atoms with Crippen LogP contribution >= 0.6 is 0 Å². The van der Waals surface area contributed by atoms with Crippen molar-refractivity contribution in [3.8, 4) is 34.0 Å². The molecule has 0 saturated heterocycles. The van der Waals surface area contributed by atoms with E-state index in [9.17, 15) is 4.39 Å². The Balaban J connectivity index is 1.31. The number of halogens is 1. The highest BCUT2D eigenvalue weighted by Crippen LogP contribution is 2.38. The van der Waals surface area contributed by atoms with Crippen LogP contribution in [0.1, 0.15) is 50.2 Å². The molecule has 1 aliphatic rings. The fraction of sp³-hybridized carbons (Fsp3) is 0.314. The second kappa shape index (κ2) is 13.4. The standard InChI is InChI=1S/C35H38FN7O2/c1-5-29(22-13-25(36)17-27(14-22)44-12-11-43(3)4)30-18-32(40-34(30)37-2)33-31-16-24(20-39-35(31)42-41-33)23-15-28(21-38-19-23)45-26-9-7-6-8-10-26/h5,13-21,26,40H,2,6-12H2,1,3-4H3,(H,39,41,42)/b29-5-. The van der Waals surface area contributed by atoms with Crippen molar-refractivity contribution in [3.05, 3.63) is 78.0 Å². The van der Waals surface area contributed by atoms with Crippen molar-refractivity contribution in [2.24, 2.45) is 4.99 Å². The van der Waals surface area contributed by atoms with Crippen LogP contribution in [0.4, 0.5) is 10.2 Å². The number of benzene rings is 1. The van der Waals surface area contributed by atoms with Gasteiger partial charge >= 0.3 is 0 Å². The molecule has 4 aromatic heterocycles. The molecular weight excluding hydrogens is 569 g/mol. The Morgan fingerprint density at radius 1 is 1.04 bits per heavy atom. The maximum absolute atomic E-state index is 14.7. The zero-order chi connectivity index (χ0) is 31.3. The number of hydrogen-bond donors (Lipinski definition) is 2. The summed E-state index contributed by atoms with van der Waals surface area (Å²) in [5, 5.41) is 8.42. The van der Waals surface area contributed by atoms with E-state index in [0.29, 0.717) is 29.4 Å². The van der Waals surface area contributed by atoms with Gasteiger partial charge in [-0.15, -0.1) is 0 Å². The van der Waals surface area contributed by atoms with Crippen LogP contribution in [0.5, 0.6) is 11.5 Å². The highest BCUT2D eigenvalue weighted by atomic mass is 19.1. The Labute approximate surface area is 262 Å². The predicted molar refractivity (Wildman–Crippen MR) is 177 cm³/mol. The summed E-state index contributed by atoms with van der Waals surface area (Å²) < 4.78 is 26.8. The first-order valence-corrected chi connectivity index (χ1v) is 15.3. The van der Waals surface area contributed by atoms with Crippen molar-refractivity contribution in [2.45, 2.75) is 45.1 Å². The Morgan fingerprint density at radius 3 is 2.64 bits per heavy atom. The summed E-state index contributed by atoms with van der Waals surface area (Å²) in [6.45, 7) is 6.87. The van der Waals surface area contributed by atoms with Gasteiger partial charge in [0.25, 0.3) is 0 Å². The Morgan fingerprint density at radius 2 is 1.87 bits per heavy atom. The Kier molecular flexibility index (Phi) is 9.02. The van der Waals surface area contributed by atoms with Gasteiger partial charge in [-0.25, -0.2) is 14.4 Å². The van der Waals surface area contributed by atoms with Gasteiger partial charge in [0.2, 0.25) is 0 Å². The molecular formula is C35H38FN7O2. The lowest BCUT2D eigenvalue weighted by molar-refractivity contribution is 0.154. The third kappa shape index (κ3) is 6.81. The van der Waals surface area contributed by atoms with Crippen molar-refractivity contribution in [1.82, 2.24) is 30.0 Å². The molecule has 2 N–H and O–H groups in total. The van der Waals surface area contributed by atoms with Crippen LogP contribution in [-0.2, 0) is 0 Å². The highest BCUT2D eigenvalue weighted by Gasteiger charge is 2.20. The van der Waals surface area contributed by atoms with Gasteiger partial charge in [0.1, 0.15) is 29.7 Å². The molecule has 232 valence electrons. The van der Waals surface area contributed by atoms with Crippen molar-refractivity contribution in [1.29, 1.82) is 0 Å². The number of H-pyrrole nitrogens is 2. The maximum Gasteiger partial charge on any atom is 0.181 e. The minimum atomic E-state index is -0.378. The number of pyridine rings is 2. The Hall–Kier alpha value is -4.83. The van der Waals surface area contributed by atoms with Crippen molar-refractivity contribution >= 4 is 29.1 Å². The third-order valence-corrected chi connectivity index (χ3v) is 8.10. The average molecular weight is 608 g/mol. The summed E-state index contributed by atoms with van der Waals surface area (Å²) in [7, 11) is 3.93. The second-order valence-corrected chi connectivity index (χ2v) is 11.6. The number of allylic oxidation sites excluding steroid dienone is 1. The van der Waals surface area contributed by atoms with Gasteiger partial charge in [0.15, 0.2) is 5.65 Å². The Bertz CT molecular complexity index is 1840. The van der Waals surface area contributed by atoms with E-state index >= 15 is 0 Å². The third-order valence-electron chi connectivity index (χ3n) is 8.10. The number of fused-ring (bicyclic) bond motifs is 1.